The Morgan fingerprint density at radius 1 is 1.45 bits per heavy atom. The summed E-state index contributed by atoms with van der Waals surface area (Å²) in [5, 5.41) is 4.06. The molecule has 1 aromatic heterocycles. The lowest BCUT2D eigenvalue weighted by Gasteiger charge is -2.30. The molecule has 4 nitrogen and oxygen atoms in total. The smallest absolute Gasteiger partial charge is 0.267 e. The zero-order valence-corrected chi connectivity index (χ0v) is 14.4. The Hall–Kier alpha value is -1.33. The van der Waals surface area contributed by atoms with Crippen molar-refractivity contribution in [3.05, 3.63) is 34.4 Å². The number of benzene rings is 1. The van der Waals surface area contributed by atoms with Crippen LogP contribution in [0.2, 0.25) is 0 Å². The van der Waals surface area contributed by atoms with E-state index in [4.69, 9.17) is 0 Å². The van der Waals surface area contributed by atoms with Gasteiger partial charge in [0.25, 0.3) is 5.91 Å². The van der Waals surface area contributed by atoms with Gasteiger partial charge in [0.05, 0.1) is 0 Å². The van der Waals surface area contributed by atoms with E-state index in [1.807, 2.05) is 24.3 Å². The number of aromatic nitrogens is 1. The van der Waals surface area contributed by atoms with Crippen molar-refractivity contribution in [2.45, 2.75) is 19.8 Å². The number of amides is 1. The van der Waals surface area contributed by atoms with E-state index in [1.165, 1.54) is 12.8 Å². The van der Waals surface area contributed by atoms with Crippen molar-refractivity contribution in [3.63, 3.8) is 0 Å². The van der Waals surface area contributed by atoms with E-state index in [-0.39, 0.29) is 5.91 Å². The summed E-state index contributed by atoms with van der Waals surface area (Å²) in [7, 11) is 0. The molecule has 2 N–H and O–H groups in total. The summed E-state index contributed by atoms with van der Waals surface area (Å²) < 4.78 is 1.02. The molecule has 1 aliphatic heterocycles. The molecular formula is C17H22BrN3O. The van der Waals surface area contributed by atoms with Crippen LogP contribution >= 0.6 is 15.9 Å². The van der Waals surface area contributed by atoms with E-state index in [2.05, 4.69) is 38.1 Å². The van der Waals surface area contributed by atoms with Crippen LogP contribution < -0.4 is 5.32 Å². The molecule has 1 aromatic carbocycles. The number of hydrogen-bond acceptors (Lipinski definition) is 2. The highest BCUT2D eigenvalue weighted by molar-refractivity contribution is 9.10. The maximum Gasteiger partial charge on any atom is 0.267 e. The van der Waals surface area contributed by atoms with Crippen LogP contribution in [0.5, 0.6) is 0 Å². The predicted molar refractivity (Wildman–Crippen MR) is 93.2 cm³/mol. The van der Waals surface area contributed by atoms with Crippen LogP contribution in [0.3, 0.4) is 0 Å². The van der Waals surface area contributed by atoms with E-state index >= 15 is 0 Å². The zero-order valence-electron chi connectivity index (χ0n) is 12.9. The number of nitrogens with one attached hydrogen (secondary N) is 2. The standard InChI is InChI=1S/C17H22BrN3O/c1-12-3-2-7-21(11-12)8-6-19-17(22)16-10-13-9-14(18)4-5-15(13)20-16/h4-5,9-10,12,20H,2-3,6-8,11H2,1H3,(H,19,22). The van der Waals surface area contributed by atoms with Crippen LogP contribution in [0.25, 0.3) is 10.9 Å². The van der Waals surface area contributed by atoms with Crippen molar-refractivity contribution < 1.29 is 4.79 Å². The van der Waals surface area contributed by atoms with Gasteiger partial charge < -0.3 is 15.2 Å². The fraction of sp³-hybridized carbons (Fsp3) is 0.471. The molecule has 22 heavy (non-hydrogen) atoms. The van der Waals surface area contributed by atoms with Crippen molar-refractivity contribution in [2.75, 3.05) is 26.2 Å². The number of piperidine rings is 1. The largest absolute Gasteiger partial charge is 0.351 e. The summed E-state index contributed by atoms with van der Waals surface area (Å²) in [5.74, 6) is 0.744. The Bertz CT molecular complexity index is 667. The predicted octanol–water partition coefficient (Wildman–Crippen LogP) is 3.39. The first-order valence-electron chi connectivity index (χ1n) is 7.90. The van der Waals surface area contributed by atoms with Crippen LogP contribution in [0, 0.1) is 5.92 Å². The molecule has 1 fully saturated rings. The number of aromatic amines is 1. The molecule has 1 atom stereocenters. The highest BCUT2D eigenvalue weighted by Gasteiger charge is 2.16. The third-order valence-corrected chi connectivity index (χ3v) is 4.78. The second-order valence-corrected chi connectivity index (χ2v) is 7.13. The van der Waals surface area contributed by atoms with Gasteiger partial charge in [-0.05, 0) is 49.6 Å². The lowest BCUT2D eigenvalue weighted by molar-refractivity contribution is 0.0939. The highest BCUT2D eigenvalue weighted by atomic mass is 79.9. The van der Waals surface area contributed by atoms with Crippen LogP contribution in [0.1, 0.15) is 30.3 Å². The fourth-order valence-corrected chi connectivity index (χ4v) is 3.52. The molecular weight excluding hydrogens is 342 g/mol. The molecule has 2 aromatic rings. The van der Waals surface area contributed by atoms with E-state index < -0.39 is 0 Å². The number of fused-ring (bicyclic) bond motifs is 1. The van der Waals surface area contributed by atoms with Crippen molar-refractivity contribution in [3.8, 4) is 0 Å². The number of rotatable bonds is 4. The monoisotopic (exact) mass is 363 g/mol. The second-order valence-electron chi connectivity index (χ2n) is 6.22. The van der Waals surface area contributed by atoms with E-state index in [0.29, 0.717) is 12.2 Å². The van der Waals surface area contributed by atoms with Gasteiger partial charge in [-0.25, -0.2) is 0 Å². The number of carbonyl (C=O) groups excluding carboxylic acids is 1. The molecule has 0 saturated carbocycles. The fourth-order valence-electron chi connectivity index (χ4n) is 3.14. The SMILES string of the molecule is CC1CCCN(CCNC(=O)c2cc3cc(Br)ccc3[nH]2)C1. The van der Waals surface area contributed by atoms with Gasteiger partial charge in [-0.1, -0.05) is 22.9 Å². The van der Waals surface area contributed by atoms with Crippen molar-refractivity contribution >= 4 is 32.7 Å². The Morgan fingerprint density at radius 2 is 2.32 bits per heavy atom. The molecule has 1 unspecified atom stereocenters. The molecule has 0 spiro atoms. The number of likely N-dealkylation sites (tertiary alicyclic amines) is 1. The van der Waals surface area contributed by atoms with Gasteiger partial charge >= 0.3 is 0 Å². The van der Waals surface area contributed by atoms with Crippen LogP contribution in [0.15, 0.2) is 28.7 Å². The first kappa shape index (κ1) is 15.6. The maximum atomic E-state index is 12.2. The molecule has 0 radical (unpaired) electrons. The Balaban J connectivity index is 1.54. The molecule has 1 amide bonds. The van der Waals surface area contributed by atoms with Gasteiger partial charge in [0, 0.05) is 35.0 Å². The first-order chi connectivity index (χ1) is 10.6. The third kappa shape index (κ3) is 3.70. The van der Waals surface area contributed by atoms with Gasteiger partial charge in [-0.3, -0.25) is 4.79 Å². The summed E-state index contributed by atoms with van der Waals surface area (Å²) in [6.45, 7) is 6.23. The topological polar surface area (TPSA) is 48.1 Å². The number of halogens is 1. The summed E-state index contributed by atoms with van der Waals surface area (Å²) in [6, 6.07) is 7.86. The minimum atomic E-state index is -0.0302. The van der Waals surface area contributed by atoms with Crippen LogP contribution in [-0.4, -0.2) is 42.0 Å². The van der Waals surface area contributed by atoms with Gasteiger partial charge in [-0.2, -0.15) is 0 Å². The molecule has 1 aliphatic rings. The van der Waals surface area contributed by atoms with E-state index in [9.17, 15) is 4.79 Å². The average Bonchev–Trinajstić information content (AvgIpc) is 2.90. The van der Waals surface area contributed by atoms with E-state index in [1.54, 1.807) is 0 Å². The van der Waals surface area contributed by atoms with Gasteiger partial charge in [0.2, 0.25) is 0 Å². The Kier molecular flexibility index (Phi) is 4.84. The summed E-state index contributed by atoms with van der Waals surface area (Å²) >= 11 is 3.45. The molecule has 0 bridgehead atoms. The van der Waals surface area contributed by atoms with Crippen molar-refractivity contribution in [2.24, 2.45) is 5.92 Å². The minimum absolute atomic E-state index is 0.0302. The minimum Gasteiger partial charge on any atom is -0.351 e. The van der Waals surface area contributed by atoms with Gasteiger partial charge in [0.1, 0.15) is 5.69 Å². The Labute approximate surface area is 139 Å². The third-order valence-electron chi connectivity index (χ3n) is 4.28. The zero-order chi connectivity index (χ0) is 15.5. The van der Waals surface area contributed by atoms with Crippen LogP contribution in [0.4, 0.5) is 0 Å². The number of H-pyrrole nitrogens is 1. The average molecular weight is 364 g/mol. The lowest BCUT2D eigenvalue weighted by Crippen LogP contribution is -2.40. The number of hydrogen-bond donors (Lipinski definition) is 2. The second kappa shape index (κ2) is 6.84. The molecule has 2 heterocycles. The first-order valence-corrected chi connectivity index (χ1v) is 8.70. The van der Waals surface area contributed by atoms with E-state index in [0.717, 1.165) is 40.9 Å². The highest BCUT2D eigenvalue weighted by Crippen LogP contribution is 2.20. The molecule has 118 valence electrons. The summed E-state index contributed by atoms with van der Waals surface area (Å²) in [5.41, 5.74) is 1.61. The molecule has 0 aliphatic carbocycles. The normalized spacial score (nSPS) is 19.5. The Morgan fingerprint density at radius 3 is 3.14 bits per heavy atom. The maximum absolute atomic E-state index is 12.2. The quantitative estimate of drug-likeness (QED) is 0.874. The molecule has 5 heteroatoms. The summed E-state index contributed by atoms with van der Waals surface area (Å²) in [6.07, 6.45) is 2.60. The summed E-state index contributed by atoms with van der Waals surface area (Å²) in [4.78, 5) is 17.8. The number of nitrogens with zero attached hydrogens (tertiary/aromatic N) is 1. The molecule has 3 rings (SSSR count). The van der Waals surface area contributed by atoms with Crippen molar-refractivity contribution in [1.29, 1.82) is 0 Å². The van der Waals surface area contributed by atoms with Crippen LogP contribution in [-0.2, 0) is 0 Å². The molecule has 1 saturated heterocycles. The van der Waals surface area contributed by atoms with Gasteiger partial charge in [-0.15, -0.1) is 0 Å². The van der Waals surface area contributed by atoms with Gasteiger partial charge in [0.15, 0.2) is 0 Å². The lowest BCUT2D eigenvalue weighted by atomic mass is 10.0. The number of carbonyl (C=O) groups is 1. The van der Waals surface area contributed by atoms with Crippen molar-refractivity contribution in [1.82, 2.24) is 15.2 Å².